The average Bonchev–Trinajstić information content (AvgIpc) is 2.91. The van der Waals surface area contributed by atoms with Crippen LogP contribution in [0.3, 0.4) is 0 Å². The number of furan rings is 1. The molecule has 2 heterocycles. The van der Waals surface area contributed by atoms with Gasteiger partial charge < -0.3 is 8.98 Å². The third-order valence-electron chi connectivity index (χ3n) is 2.70. The fourth-order valence-electron chi connectivity index (χ4n) is 1.56. The number of nitrogen functional groups attached to an aromatic ring is 1. The zero-order valence-corrected chi connectivity index (χ0v) is 11.7. The Morgan fingerprint density at radius 3 is 2.84 bits per heavy atom. The lowest BCUT2D eigenvalue weighted by Gasteiger charge is -1.99. The molecule has 0 unspecified atom stereocenters. The van der Waals surface area contributed by atoms with E-state index in [1.54, 1.807) is 6.92 Å². The monoisotopic (exact) mass is 281 g/mol. The van der Waals surface area contributed by atoms with Gasteiger partial charge in [0, 0.05) is 12.6 Å². The Labute approximate surface area is 114 Å². The molecular formula is C11H15N5O2S. The molecule has 0 radical (unpaired) electrons. The highest BCUT2D eigenvalue weighted by Gasteiger charge is 2.15. The number of hydrogen-bond donors (Lipinski definition) is 2. The van der Waals surface area contributed by atoms with Crippen LogP contribution in [-0.2, 0) is 12.8 Å². The number of hydrazine groups is 1. The van der Waals surface area contributed by atoms with E-state index in [1.165, 1.54) is 11.8 Å². The Morgan fingerprint density at radius 1 is 1.53 bits per heavy atom. The summed E-state index contributed by atoms with van der Waals surface area (Å²) in [4.78, 5) is 11.4. The van der Waals surface area contributed by atoms with Crippen LogP contribution in [0.25, 0.3) is 0 Å². The number of rotatable bonds is 4. The molecule has 0 saturated heterocycles. The number of aryl methyl sites for hydroxylation is 2. The molecular weight excluding hydrogens is 266 g/mol. The number of aromatic nitrogens is 3. The molecule has 2 rings (SSSR count). The number of nitrogens with one attached hydrogen (secondary N) is 1. The second-order valence-corrected chi connectivity index (χ2v) is 5.02. The number of amides is 1. The summed E-state index contributed by atoms with van der Waals surface area (Å²) in [5.41, 5.74) is 2.81. The van der Waals surface area contributed by atoms with Gasteiger partial charge in [0.1, 0.15) is 11.6 Å². The second kappa shape index (κ2) is 5.45. The van der Waals surface area contributed by atoms with Crippen LogP contribution in [0.15, 0.2) is 15.6 Å². The molecule has 2 aromatic heterocycles. The summed E-state index contributed by atoms with van der Waals surface area (Å²) in [6, 6.07) is 1.82. The van der Waals surface area contributed by atoms with Gasteiger partial charge >= 0.3 is 5.91 Å². The van der Waals surface area contributed by atoms with Gasteiger partial charge in [-0.15, -0.1) is 10.2 Å². The first-order valence-corrected chi connectivity index (χ1v) is 6.60. The maximum absolute atomic E-state index is 11.4. The molecule has 2 aromatic rings. The van der Waals surface area contributed by atoms with Crippen molar-refractivity contribution in [3.63, 3.8) is 0 Å². The smallest absolute Gasteiger partial charge is 0.301 e. The van der Waals surface area contributed by atoms with E-state index in [-0.39, 0.29) is 5.76 Å². The van der Waals surface area contributed by atoms with Gasteiger partial charge in [0.15, 0.2) is 10.9 Å². The summed E-state index contributed by atoms with van der Waals surface area (Å²) < 4.78 is 7.36. The molecule has 8 heteroatoms. The first-order chi connectivity index (χ1) is 9.02. The zero-order valence-electron chi connectivity index (χ0n) is 10.9. The third-order valence-corrected chi connectivity index (χ3v) is 3.74. The van der Waals surface area contributed by atoms with Crippen LogP contribution in [0.2, 0.25) is 0 Å². The van der Waals surface area contributed by atoms with E-state index in [4.69, 9.17) is 10.3 Å². The van der Waals surface area contributed by atoms with Gasteiger partial charge in [-0.1, -0.05) is 11.8 Å². The lowest BCUT2D eigenvalue weighted by molar-refractivity contribution is 0.0923. The predicted molar refractivity (Wildman–Crippen MR) is 70.4 cm³/mol. The third kappa shape index (κ3) is 2.79. The quantitative estimate of drug-likeness (QED) is 0.374. The lowest BCUT2D eigenvalue weighted by atomic mass is 10.2. The van der Waals surface area contributed by atoms with Crippen LogP contribution in [0.1, 0.15) is 27.7 Å². The van der Waals surface area contributed by atoms with Crippen molar-refractivity contribution in [2.24, 2.45) is 12.9 Å². The molecule has 0 fully saturated rings. The molecule has 0 aromatic carbocycles. The molecule has 19 heavy (non-hydrogen) atoms. The summed E-state index contributed by atoms with van der Waals surface area (Å²) in [5.74, 6) is 7.02. The van der Waals surface area contributed by atoms with Gasteiger partial charge in [0.2, 0.25) is 0 Å². The van der Waals surface area contributed by atoms with E-state index in [1.807, 2.05) is 24.6 Å². The summed E-state index contributed by atoms with van der Waals surface area (Å²) in [5, 5.41) is 8.82. The Bertz CT molecular complexity index is 604. The molecule has 1 amide bonds. The molecule has 0 saturated carbocycles. The summed E-state index contributed by atoms with van der Waals surface area (Å²) >= 11 is 1.49. The van der Waals surface area contributed by atoms with Crippen molar-refractivity contribution >= 4 is 17.7 Å². The van der Waals surface area contributed by atoms with Crippen LogP contribution >= 0.6 is 11.8 Å². The Kier molecular flexibility index (Phi) is 3.91. The Hall–Kier alpha value is -1.80. The van der Waals surface area contributed by atoms with E-state index in [2.05, 4.69) is 15.6 Å². The van der Waals surface area contributed by atoms with E-state index >= 15 is 0 Å². The molecule has 7 nitrogen and oxygen atoms in total. The minimum Gasteiger partial charge on any atom is -0.455 e. The van der Waals surface area contributed by atoms with E-state index in [9.17, 15) is 4.79 Å². The van der Waals surface area contributed by atoms with Crippen molar-refractivity contribution in [3.8, 4) is 0 Å². The van der Waals surface area contributed by atoms with Gasteiger partial charge in [-0.05, 0) is 19.9 Å². The molecule has 0 aliphatic heterocycles. The standard InChI is InChI=1S/C11H15N5O2S/c1-6-4-8(18-9(6)10(17)13-12)5-19-11-15-14-7(2)16(11)3/h4H,5,12H2,1-3H3,(H,13,17). The van der Waals surface area contributed by atoms with Crippen LogP contribution in [0.4, 0.5) is 0 Å². The van der Waals surface area contributed by atoms with Crippen LogP contribution in [0.5, 0.6) is 0 Å². The van der Waals surface area contributed by atoms with E-state index < -0.39 is 5.91 Å². The van der Waals surface area contributed by atoms with Gasteiger partial charge in [-0.3, -0.25) is 10.2 Å². The maximum Gasteiger partial charge on any atom is 0.301 e. The number of carbonyl (C=O) groups excluding carboxylic acids is 1. The van der Waals surface area contributed by atoms with Crippen molar-refractivity contribution in [2.45, 2.75) is 24.8 Å². The van der Waals surface area contributed by atoms with Crippen molar-refractivity contribution in [1.29, 1.82) is 0 Å². The Balaban J connectivity index is 2.08. The van der Waals surface area contributed by atoms with Gasteiger partial charge in [0.25, 0.3) is 0 Å². The predicted octanol–water partition coefficient (Wildman–Crippen LogP) is 0.921. The summed E-state index contributed by atoms with van der Waals surface area (Å²) in [6.07, 6.45) is 0. The van der Waals surface area contributed by atoms with E-state index in [0.717, 1.165) is 16.5 Å². The SMILES string of the molecule is Cc1cc(CSc2nnc(C)n2C)oc1C(=O)NN. The molecule has 0 aliphatic rings. The number of nitrogens with zero attached hydrogens (tertiary/aromatic N) is 3. The van der Waals surface area contributed by atoms with Crippen LogP contribution in [-0.4, -0.2) is 20.7 Å². The fraction of sp³-hybridized carbons (Fsp3) is 0.364. The number of nitrogens with two attached hydrogens (primary N) is 1. The minimum absolute atomic E-state index is 0.243. The van der Waals surface area contributed by atoms with Crippen molar-refractivity contribution in [2.75, 3.05) is 0 Å². The highest BCUT2D eigenvalue weighted by molar-refractivity contribution is 7.98. The minimum atomic E-state index is -0.428. The molecule has 3 N–H and O–H groups in total. The molecule has 0 atom stereocenters. The van der Waals surface area contributed by atoms with Crippen LogP contribution < -0.4 is 11.3 Å². The van der Waals surface area contributed by atoms with Crippen molar-refractivity contribution in [1.82, 2.24) is 20.2 Å². The maximum atomic E-state index is 11.4. The number of carbonyl (C=O) groups is 1. The topological polar surface area (TPSA) is 99.0 Å². The summed E-state index contributed by atoms with van der Waals surface area (Å²) in [7, 11) is 1.90. The fourth-order valence-corrected chi connectivity index (χ4v) is 2.40. The highest BCUT2D eigenvalue weighted by Crippen LogP contribution is 2.24. The normalized spacial score (nSPS) is 10.7. The number of thioether (sulfide) groups is 1. The van der Waals surface area contributed by atoms with Crippen LogP contribution in [0, 0.1) is 13.8 Å². The molecule has 102 valence electrons. The van der Waals surface area contributed by atoms with Gasteiger partial charge in [-0.25, -0.2) is 5.84 Å². The first kappa shape index (κ1) is 13.6. The molecule has 0 aliphatic carbocycles. The summed E-state index contributed by atoms with van der Waals surface area (Å²) in [6.45, 7) is 3.69. The largest absolute Gasteiger partial charge is 0.455 e. The van der Waals surface area contributed by atoms with E-state index in [0.29, 0.717) is 11.5 Å². The number of hydrogen-bond acceptors (Lipinski definition) is 6. The second-order valence-electron chi connectivity index (χ2n) is 4.08. The Morgan fingerprint density at radius 2 is 2.26 bits per heavy atom. The molecule has 0 spiro atoms. The van der Waals surface area contributed by atoms with Crippen molar-refractivity contribution in [3.05, 3.63) is 29.0 Å². The van der Waals surface area contributed by atoms with Gasteiger partial charge in [0.05, 0.1) is 5.75 Å². The van der Waals surface area contributed by atoms with Crippen molar-refractivity contribution < 1.29 is 9.21 Å². The molecule has 0 bridgehead atoms. The van der Waals surface area contributed by atoms with Gasteiger partial charge in [-0.2, -0.15) is 0 Å². The highest BCUT2D eigenvalue weighted by atomic mass is 32.2. The zero-order chi connectivity index (χ0) is 14.0. The lowest BCUT2D eigenvalue weighted by Crippen LogP contribution is -2.30. The first-order valence-electron chi connectivity index (χ1n) is 5.62. The average molecular weight is 281 g/mol.